The van der Waals surface area contributed by atoms with Crippen molar-refractivity contribution in [3.63, 3.8) is 0 Å². The minimum atomic E-state index is 1.06. The number of aryl methyl sites for hydroxylation is 1. The average molecular weight is 220 g/mol. The minimum absolute atomic E-state index is 1.06. The van der Waals surface area contributed by atoms with E-state index in [1.165, 1.54) is 23.2 Å². The smallest absolute Gasteiger partial charge is 0.0442 e. The van der Waals surface area contributed by atoms with Crippen LogP contribution in [0.1, 0.15) is 24.5 Å². The summed E-state index contributed by atoms with van der Waals surface area (Å²) in [5, 5.41) is 6.50. The lowest BCUT2D eigenvalue weighted by atomic mass is 10.0. The molecule has 1 heterocycles. The number of nitrogens with two attached hydrogens (primary N) is 1. The van der Waals surface area contributed by atoms with E-state index >= 15 is 0 Å². The summed E-state index contributed by atoms with van der Waals surface area (Å²) in [5.41, 5.74) is 4.09. The summed E-state index contributed by atoms with van der Waals surface area (Å²) in [6, 6.07) is 6.69. The standard InChI is InChI=1S/C13H17N.H3NO/c1-3-8-14-9-4-5-12-10-11(2)6-7-13(12)14;1-2/h4-7,10H,3,8-9H2,1-2H3;2H,1H2. The summed E-state index contributed by atoms with van der Waals surface area (Å²) >= 11 is 0. The van der Waals surface area contributed by atoms with Gasteiger partial charge in [0, 0.05) is 18.8 Å². The average Bonchev–Trinajstić information content (AvgIpc) is 2.32. The molecule has 3 heteroatoms. The van der Waals surface area contributed by atoms with Gasteiger partial charge in [-0.15, -0.1) is 0 Å². The highest BCUT2D eigenvalue weighted by Gasteiger charge is 2.11. The lowest BCUT2D eigenvalue weighted by molar-refractivity contribution is 0.311. The first-order chi connectivity index (χ1) is 7.81. The van der Waals surface area contributed by atoms with Crippen molar-refractivity contribution in [1.82, 2.24) is 0 Å². The van der Waals surface area contributed by atoms with Gasteiger partial charge in [0.1, 0.15) is 0 Å². The van der Waals surface area contributed by atoms with E-state index in [9.17, 15) is 0 Å². The molecule has 0 aromatic heterocycles. The van der Waals surface area contributed by atoms with Crippen molar-refractivity contribution in [1.29, 1.82) is 0 Å². The predicted octanol–water partition coefficient (Wildman–Crippen LogP) is 2.57. The number of fused-ring (bicyclic) bond motifs is 1. The maximum absolute atomic E-state index is 6.50. The summed E-state index contributed by atoms with van der Waals surface area (Å²) in [5.74, 6) is 3.50. The van der Waals surface area contributed by atoms with Crippen LogP contribution in [0, 0.1) is 6.92 Å². The monoisotopic (exact) mass is 220 g/mol. The fraction of sp³-hybridized carbons (Fsp3) is 0.385. The fourth-order valence-electron chi connectivity index (χ4n) is 1.98. The van der Waals surface area contributed by atoms with Crippen LogP contribution in [0.3, 0.4) is 0 Å². The quantitative estimate of drug-likeness (QED) is 0.753. The molecule has 0 saturated heterocycles. The van der Waals surface area contributed by atoms with Crippen molar-refractivity contribution in [2.24, 2.45) is 5.90 Å². The molecule has 1 aliphatic rings. The Morgan fingerprint density at radius 3 is 2.81 bits per heavy atom. The van der Waals surface area contributed by atoms with E-state index in [0.717, 1.165) is 13.1 Å². The van der Waals surface area contributed by atoms with Crippen molar-refractivity contribution in [2.45, 2.75) is 20.3 Å². The second-order valence-electron chi connectivity index (χ2n) is 3.91. The fourth-order valence-corrected chi connectivity index (χ4v) is 1.98. The Kier molecular flexibility index (Phi) is 5.02. The molecule has 0 bridgehead atoms. The maximum Gasteiger partial charge on any atom is 0.0442 e. The van der Waals surface area contributed by atoms with Gasteiger partial charge in [-0.1, -0.05) is 30.7 Å². The predicted molar refractivity (Wildman–Crippen MR) is 68.7 cm³/mol. The van der Waals surface area contributed by atoms with E-state index in [2.05, 4.69) is 55.0 Å². The lowest BCUT2D eigenvalue weighted by Crippen LogP contribution is -2.26. The van der Waals surface area contributed by atoms with Gasteiger partial charge in [-0.2, -0.15) is 0 Å². The first-order valence-electron chi connectivity index (χ1n) is 5.59. The number of rotatable bonds is 2. The van der Waals surface area contributed by atoms with Crippen molar-refractivity contribution in [3.8, 4) is 0 Å². The van der Waals surface area contributed by atoms with Gasteiger partial charge in [0.05, 0.1) is 0 Å². The first-order valence-corrected chi connectivity index (χ1v) is 5.59. The van der Waals surface area contributed by atoms with Crippen LogP contribution in [0.25, 0.3) is 6.08 Å². The Bertz CT molecular complexity index is 361. The van der Waals surface area contributed by atoms with Crippen LogP contribution in [0.4, 0.5) is 5.69 Å². The number of benzene rings is 1. The van der Waals surface area contributed by atoms with Gasteiger partial charge >= 0.3 is 0 Å². The summed E-state index contributed by atoms with van der Waals surface area (Å²) < 4.78 is 0. The SMILES string of the molecule is CCCN1CC=Cc2cc(C)ccc21.NO. The third kappa shape index (κ3) is 2.84. The molecule has 1 aromatic carbocycles. The van der Waals surface area contributed by atoms with Crippen LogP contribution in [0.5, 0.6) is 0 Å². The van der Waals surface area contributed by atoms with Crippen molar-refractivity contribution in [3.05, 3.63) is 35.4 Å². The van der Waals surface area contributed by atoms with E-state index < -0.39 is 0 Å². The van der Waals surface area contributed by atoms with Crippen molar-refractivity contribution in [2.75, 3.05) is 18.0 Å². The van der Waals surface area contributed by atoms with Gasteiger partial charge < -0.3 is 10.1 Å². The molecule has 3 N–H and O–H groups in total. The van der Waals surface area contributed by atoms with Crippen LogP contribution in [0.15, 0.2) is 24.3 Å². The van der Waals surface area contributed by atoms with E-state index in [1.54, 1.807) is 0 Å². The molecule has 0 aliphatic carbocycles. The van der Waals surface area contributed by atoms with Crippen molar-refractivity contribution < 1.29 is 5.21 Å². The minimum Gasteiger partial charge on any atom is -0.367 e. The summed E-state index contributed by atoms with van der Waals surface area (Å²) in [6.07, 6.45) is 5.69. The maximum atomic E-state index is 6.50. The van der Waals surface area contributed by atoms with Gasteiger partial charge in [-0.3, -0.25) is 0 Å². The topological polar surface area (TPSA) is 49.5 Å². The Morgan fingerprint density at radius 1 is 1.38 bits per heavy atom. The zero-order valence-electron chi connectivity index (χ0n) is 9.98. The summed E-state index contributed by atoms with van der Waals surface area (Å²) in [7, 11) is 0. The molecular formula is C13H20N2O. The molecule has 0 fully saturated rings. The molecule has 0 amide bonds. The molecular weight excluding hydrogens is 200 g/mol. The molecule has 1 aromatic rings. The number of hydrogen-bond acceptors (Lipinski definition) is 3. The van der Waals surface area contributed by atoms with Crippen LogP contribution < -0.4 is 10.8 Å². The molecule has 0 saturated carbocycles. The highest BCUT2D eigenvalue weighted by molar-refractivity contribution is 5.71. The van der Waals surface area contributed by atoms with E-state index in [4.69, 9.17) is 5.21 Å². The highest BCUT2D eigenvalue weighted by Crippen LogP contribution is 2.26. The molecule has 0 unspecified atom stereocenters. The first kappa shape index (κ1) is 12.7. The van der Waals surface area contributed by atoms with E-state index in [1.807, 2.05) is 0 Å². The Morgan fingerprint density at radius 2 is 2.12 bits per heavy atom. The molecule has 2 rings (SSSR count). The van der Waals surface area contributed by atoms with Gasteiger partial charge in [-0.05, 0) is 31.0 Å². The molecule has 3 nitrogen and oxygen atoms in total. The molecule has 1 aliphatic heterocycles. The van der Waals surface area contributed by atoms with Crippen LogP contribution in [-0.4, -0.2) is 18.3 Å². The summed E-state index contributed by atoms with van der Waals surface area (Å²) in [6.45, 7) is 6.59. The van der Waals surface area contributed by atoms with Gasteiger partial charge in [0.15, 0.2) is 0 Å². The number of nitrogens with zero attached hydrogens (tertiary/aromatic N) is 1. The van der Waals surface area contributed by atoms with Gasteiger partial charge in [0.2, 0.25) is 0 Å². The zero-order valence-corrected chi connectivity index (χ0v) is 9.98. The number of hydrogen-bond donors (Lipinski definition) is 2. The second-order valence-corrected chi connectivity index (χ2v) is 3.91. The normalized spacial score (nSPS) is 12.9. The van der Waals surface area contributed by atoms with Crippen molar-refractivity contribution >= 4 is 11.8 Å². The number of anilines is 1. The molecule has 88 valence electrons. The largest absolute Gasteiger partial charge is 0.367 e. The Balaban J connectivity index is 0.000000606. The van der Waals surface area contributed by atoms with Gasteiger partial charge in [0.25, 0.3) is 0 Å². The highest BCUT2D eigenvalue weighted by atomic mass is 16.4. The van der Waals surface area contributed by atoms with Crippen LogP contribution in [0.2, 0.25) is 0 Å². The molecule has 0 atom stereocenters. The van der Waals surface area contributed by atoms with Gasteiger partial charge in [-0.25, -0.2) is 5.90 Å². The van der Waals surface area contributed by atoms with Crippen LogP contribution >= 0.6 is 0 Å². The summed E-state index contributed by atoms with van der Waals surface area (Å²) in [4.78, 5) is 2.44. The molecule has 0 radical (unpaired) electrons. The third-order valence-corrected chi connectivity index (χ3v) is 2.64. The molecule has 16 heavy (non-hydrogen) atoms. The molecule has 0 spiro atoms. The second kappa shape index (κ2) is 6.30. The third-order valence-electron chi connectivity index (χ3n) is 2.64. The van der Waals surface area contributed by atoms with E-state index in [0.29, 0.717) is 0 Å². The Labute approximate surface area is 97.1 Å². The zero-order chi connectivity index (χ0) is 12.0. The van der Waals surface area contributed by atoms with Crippen LogP contribution in [-0.2, 0) is 0 Å². The Hall–Kier alpha value is -1.32. The van der Waals surface area contributed by atoms with E-state index in [-0.39, 0.29) is 0 Å². The lowest BCUT2D eigenvalue weighted by Gasteiger charge is -2.27.